The van der Waals surface area contributed by atoms with Gasteiger partial charge in [-0.05, 0) is 0 Å². The second kappa shape index (κ2) is 3.17. The van der Waals surface area contributed by atoms with E-state index in [2.05, 4.69) is 10.2 Å². The van der Waals surface area contributed by atoms with E-state index in [1.807, 2.05) is 0 Å². The average Bonchev–Trinajstić information content (AvgIpc) is 2.50. The second-order valence-corrected chi connectivity index (χ2v) is 4.58. The molecule has 0 saturated carbocycles. The Morgan fingerprint density at radius 3 is 2.69 bits per heavy atom. The van der Waals surface area contributed by atoms with Crippen LogP contribution in [0.1, 0.15) is 17.4 Å². The molecule has 0 aliphatic rings. The van der Waals surface area contributed by atoms with E-state index in [-0.39, 0.29) is 17.3 Å². The monoisotopic (exact) mass is 203 g/mol. The lowest BCUT2D eigenvalue weighted by Gasteiger charge is -1.94. The summed E-state index contributed by atoms with van der Waals surface area (Å²) in [5.74, 6) is -0.139. The maximum Gasteiger partial charge on any atom is 0.294 e. The third-order valence-electron chi connectivity index (χ3n) is 1.48. The number of hydrogen-bond donors (Lipinski definition) is 2. The molecule has 13 heavy (non-hydrogen) atoms. The smallest absolute Gasteiger partial charge is 0.294 e. The number of anilines is 1. The van der Waals surface area contributed by atoms with Crippen LogP contribution >= 0.6 is 0 Å². The summed E-state index contributed by atoms with van der Waals surface area (Å²) in [5, 5.41) is 4.72. The van der Waals surface area contributed by atoms with Gasteiger partial charge in [-0.15, -0.1) is 0 Å². The third-order valence-corrected chi connectivity index (χ3v) is 3.03. The van der Waals surface area contributed by atoms with Crippen LogP contribution in [0.5, 0.6) is 0 Å². The first kappa shape index (κ1) is 9.72. The standard InChI is InChI=1S/C6H9N3O3S/c1-2-13(11,12)6(10)4-3-5(7)9-8-4/h3H,2H2,1H3,(H3,7,8,9). The van der Waals surface area contributed by atoms with Crippen LogP contribution in [0.15, 0.2) is 6.07 Å². The van der Waals surface area contributed by atoms with Crippen molar-refractivity contribution in [2.75, 3.05) is 11.5 Å². The Hall–Kier alpha value is -1.37. The lowest BCUT2D eigenvalue weighted by Crippen LogP contribution is -2.17. The zero-order chi connectivity index (χ0) is 10.1. The van der Waals surface area contributed by atoms with Crippen molar-refractivity contribution in [2.24, 2.45) is 0 Å². The van der Waals surface area contributed by atoms with Gasteiger partial charge in [0.05, 0.1) is 5.75 Å². The van der Waals surface area contributed by atoms with E-state index in [0.29, 0.717) is 0 Å². The van der Waals surface area contributed by atoms with E-state index in [1.54, 1.807) is 0 Å². The fraction of sp³-hybridized carbons (Fsp3) is 0.333. The van der Waals surface area contributed by atoms with Gasteiger partial charge < -0.3 is 5.73 Å². The van der Waals surface area contributed by atoms with Crippen LogP contribution in [0.3, 0.4) is 0 Å². The molecule has 1 rings (SSSR count). The van der Waals surface area contributed by atoms with Crippen LogP contribution in [-0.2, 0) is 9.84 Å². The number of aromatic amines is 1. The predicted molar refractivity (Wildman–Crippen MR) is 46.8 cm³/mol. The van der Waals surface area contributed by atoms with Crippen LogP contribution in [0.2, 0.25) is 0 Å². The normalized spacial score (nSPS) is 11.5. The maximum atomic E-state index is 11.2. The highest BCUT2D eigenvalue weighted by Crippen LogP contribution is 2.06. The van der Waals surface area contributed by atoms with Gasteiger partial charge in [-0.1, -0.05) is 6.92 Å². The number of rotatable bonds is 2. The molecule has 0 atom stereocenters. The Balaban J connectivity index is 3.06. The van der Waals surface area contributed by atoms with E-state index in [9.17, 15) is 13.2 Å². The Morgan fingerprint density at radius 1 is 1.69 bits per heavy atom. The second-order valence-electron chi connectivity index (χ2n) is 2.40. The van der Waals surface area contributed by atoms with E-state index in [0.717, 1.165) is 0 Å². The number of sulfone groups is 1. The lowest BCUT2D eigenvalue weighted by molar-refractivity contribution is 0.107. The summed E-state index contributed by atoms with van der Waals surface area (Å²) in [6, 6.07) is 1.19. The molecule has 0 aromatic carbocycles. The maximum absolute atomic E-state index is 11.2. The molecule has 0 bridgehead atoms. The Morgan fingerprint density at radius 2 is 2.31 bits per heavy atom. The molecular weight excluding hydrogens is 194 g/mol. The first-order valence-corrected chi connectivity index (χ1v) is 5.20. The van der Waals surface area contributed by atoms with E-state index in [1.165, 1.54) is 13.0 Å². The molecule has 0 aliphatic heterocycles. The number of nitrogens with one attached hydrogen (secondary N) is 1. The minimum Gasteiger partial charge on any atom is -0.382 e. The van der Waals surface area contributed by atoms with Crippen LogP contribution in [0.25, 0.3) is 0 Å². The molecule has 0 aliphatic carbocycles. The molecule has 0 unspecified atom stereocenters. The first-order valence-electron chi connectivity index (χ1n) is 3.55. The number of nitrogens with zero attached hydrogens (tertiary/aromatic N) is 1. The fourth-order valence-electron chi connectivity index (χ4n) is 0.740. The molecule has 0 radical (unpaired) electrons. The molecule has 0 amide bonds. The van der Waals surface area contributed by atoms with Gasteiger partial charge in [0.25, 0.3) is 5.12 Å². The molecule has 1 aromatic heterocycles. The zero-order valence-corrected chi connectivity index (χ0v) is 7.76. The molecule has 0 fully saturated rings. The molecular formula is C6H9N3O3S. The summed E-state index contributed by atoms with van der Waals surface area (Å²) in [6.07, 6.45) is 0. The number of carbonyl (C=O) groups excluding carboxylic acids is 1. The largest absolute Gasteiger partial charge is 0.382 e. The van der Waals surface area contributed by atoms with Crippen molar-refractivity contribution in [3.63, 3.8) is 0 Å². The van der Waals surface area contributed by atoms with Crippen molar-refractivity contribution in [1.29, 1.82) is 0 Å². The van der Waals surface area contributed by atoms with Gasteiger partial charge in [0.1, 0.15) is 11.5 Å². The van der Waals surface area contributed by atoms with Crippen molar-refractivity contribution >= 4 is 20.8 Å². The third kappa shape index (κ3) is 1.86. The SMILES string of the molecule is CCS(=O)(=O)C(=O)c1cc(N)n[nH]1. The predicted octanol–water partition coefficient (Wildman–Crippen LogP) is -0.433. The number of aromatic nitrogens is 2. The molecule has 1 aromatic rings. The van der Waals surface area contributed by atoms with Gasteiger partial charge in [0.2, 0.25) is 9.84 Å². The molecule has 3 N–H and O–H groups in total. The van der Waals surface area contributed by atoms with Gasteiger partial charge >= 0.3 is 0 Å². The highest BCUT2D eigenvalue weighted by atomic mass is 32.2. The number of carbonyl (C=O) groups is 1. The molecule has 7 heteroatoms. The Kier molecular flexibility index (Phi) is 2.37. The summed E-state index contributed by atoms with van der Waals surface area (Å²) in [6.45, 7) is 1.40. The van der Waals surface area contributed by atoms with Crippen LogP contribution in [-0.4, -0.2) is 29.5 Å². The molecule has 0 spiro atoms. The minimum absolute atomic E-state index is 0.0923. The minimum atomic E-state index is -3.70. The van der Waals surface area contributed by atoms with Crippen molar-refractivity contribution < 1.29 is 13.2 Å². The molecule has 1 heterocycles. The zero-order valence-electron chi connectivity index (χ0n) is 6.94. The van der Waals surface area contributed by atoms with Gasteiger partial charge in [0.15, 0.2) is 0 Å². The van der Waals surface area contributed by atoms with E-state index in [4.69, 9.17) is 5.73 Å². The summed E-state index contributed by atoms with van der Waals surface area (Å²) >= 11 is 0. The lowest BCUT2D eigenvalue weighted by atomic mass is 10.5. The van der Waals surface area contributed by atoms with Crippen molar-refractivity contribution in [2.45, 2.75) is 6.92 Å². The molecule has 72 valence electrons. The number of nitrogen functional groups attached to an aromatic ring is 1. The van der Waals surface area contributed by atoms with Crippen molar-refractivity contribution in [1.82, 2.24) is 10.2 Å². The van der Waals surface area contributed by atoms with Gasteiger partial charge in [-0.2, -0.15) is 5.10 Å². The summed E-state index contributed by atoms with van der Waals surface area (Å²) in [7, 11) is -3.70. The first-order chi connectivity index (χ1) is 5.97. The van der Waals surface area contributed by atoms with E-state index < -0.39 is 15.0 Å². The highest BCUT2D eigenvalue weighted by molar-refractivity contribution is 8.06. The summed E-state index contributed by atoms with van der Waals surface area (Å²) in [4.78, 5) is 11.2. The van der Waals surface area contributed by atoms with Gasteiger partial charge in [-0.3, -0.25) is 9.89 Å². The van der Waals surface area contributed by atoms with Crippen LogP contribution in [0, 0.1) is 0 Å². The van der Waals surface area contributed by atoms with Crippen LogP contribution in [0.4, 0.5) is 5.82 Å². The van der Waals surface area contributed by atoms with E-state index >= 15 is 0 Å². The number of H-pyrrole nitrogens is 1. The van der Waals surface area contributed by atoms with Gasteiger partial charge in [-0.25, -0.2) is 8.42 Å². The van der Waals surface area contributed by atoms with Crippen molar-refractivity contribution in [3.8, 4) is 0 Å². The quantitative estimate of drug-likeness (QED) is 0.678. The molecule has 6 nitrogen and oxygen atoms in total. The number of nitrogens with two attached hydrogens (primary N) is 1. The highest BCUT2D eigenvalue weighted by Gasteiger charge is 2.23. The fourth-order valence-corrected chi connectivity index (χ4v) is 1.44. The van der Waals surface area contributed by atoms with Gasteiger partial charge in [0, 0.05) is 6.07 Å². The van der Waals surface area contributed by atoms with Crippen LogP contribution < -0.4 is 5.73 Å². The average molecular weight is 203 g/mol. The molecule has 0 saturated heterocycles. The summed E-state index contributed by atoms with van der Waals surface area (Å²) in [5.41, 5.74) is 5.11. The summed E-state index contributed by atoms with van der Waals surface area (Å²) < 4.78 is 22.1. The number of hydrogen-bond acceptors (Lipinski definition) is 5. The topological polar surface area (TPSA) is 106 Å². The Bertz CT molecular complexity index is 420. The Labute approximate surface area is 75.1 Å². The van der Waals surface area contributed by atoms with Crippen molar-refractivity contribution in [3.05, 3.63) is 11.8 Å².